The number of fused-ring (bicyclic) bond motifs is 1. The van der Waals surface area contributed by atoms with Crippen molar-refractivity contribution in [2.45, 2.75) is 11.8 Å². The molecule has 0 aliphatic carbocycles. The predicted molar refractivity (Wildman–Crippen MR) is 59.8 cm³/mol. The van der Waals surface area contributed by atoms with Gasteiger partial charge in [0.1, 0.15) is 5.75 Å². The first-order valence-electron chi connectivity index (χ1n) is 4.92. The van der Waals surface area contributed by atoms with E-state index >= 15 is 0 Å². The molecule has 1 aromatic carbocycles. The minimum Gasteiger partial charge on any atom is -0.507 e. The third-order valence-electron chi connectivity index (χ3n) is 2.39. The minimum absolute atomic E-state index is 0.0236. The van der Waals surface area contributed by atoms with E-state index in [4.69, 9.17) is 4.74 Å². The van der Waals surface area contributed by atoms with Crippen molar-refractivity contribution in [3.8, 4) is 5.75 Å². The molecule has 16 heavy (non-hydrogen) atoms. The maximum Gasteiger partial charge on any atom is 0.200 e. The molecule has 5 heteroatoms. The van der Waals surface area contributed by atoms with Crippen molar-refractivity contribution in [1.29, 1.82) is 0 Å². The SMILES string of the molecule is CCOCC1=CS(=O)(=O)c2cccc(O)c21. The van der Waals surface area contributed by atoms with Gasteiger partial charge in [-0.15, -0.1) is 0 Å². The minimum atomic E-state index is -3.41. The maximum atomic E-state index is 11.7. The number of hydrogen-bond donors (Lipinski definition) is 1. The molecule has 1 heterocycles. The van der Waals surface area contributed by atoms with Gasteiger partial charge in [-0.1, -0.05) is 6.07 Å². The van der Waals surface area contributed by atoms with Crippen LogP contribution in [0.25, 0.3) is 5.57 Å². The first-order chi connectivity index (χ1) is 7.56. The van der Waals surface area contributed by atoms with E-state index in [0.717, 1.165) is 5.41 Å². The van der Waals surface area contributed by atoms with Gasteiger partial charge in [0.05, 0.1) is 11.5 Å². The zero-order valence-electron chi connectivity index (χ0n) is 8.80. The third kappa shape index (κ3) is 1.72. The predicted octanol–water partition coefficient (Wildman–Crippen LogP) is 1.56. The second-order valence-electron chi connectivity index (χ2n) is 3.48. The molecule has 0 bridgehead atoms. The van der Waals surface area contributed by atoms with Gasteiger partial charge in [-0.25, -0.2) is 8.42 Å². The molecule has 0 fully saturated rings. The number of aromatic hydroxyl groups is 1. The van der Waals surface area contributed by atoms with E-state index in [9.17, 15) is 13.5 Å². The molecule has 86 valence electrons. The van der Waals surface area contributed by atoms with Gasteiger partial charge in [0.15, 0.2) is 0 Å². The average molecular weight is 240 g/mol. The van der Waals surface area contributed by atoms with Crippen LogP contribution in [0.2, 0.25) is 0 Å². The smallest absolute Gasteiger partial charge is 0.200 e. The number of hydrogen-bond acceptors (Lipinski definition) is 4. The maximum absolute atomic E-state index is 11.7. The molecule has 0 aromatic heterocycles. The van der Waals surface area contributed by atoms with Crippen LogP contribution in [0, 0.1) is 0 Å². The quantitative estimate of drug-likeness (QED) is 0.870. The van der Waals surface area contributed by atoms with E-state index in [1.54, 1.807) is 0 Å². The molecule has 0 saturated heterocycles. The van der Waals surface area contributed by atoms with E-state index in [-0.39, 0.29) is 17.3 Å². The van der Waals surface area contributed by atoms with Crippen molar-refractivity contribution in [2.24, 2.45) is 0 Å². The van der Waals surface area contributed by atoms with Crippen LogP contribution in [0.4, 0.5) is 0 Å². The number of phenols is 1. The van der Waals surface area contributed by atoms with Crippen molar-refractivity contribution in [1.82, 2.24) is 0 Å². The fourth-order valence-electron chi connectivity index (χ4n) is 1.71. The Hall–Kier alpha value is -1.33. The second-order valence-corrected chi connectivity index (χ2v) is 5.24. The Kier molecular flexibility index (Phi) is 2.73. The Bertz CT molecular complexity index is 543. The van der Waals surface area contributed by atoms with Gasteiger partial charge in [-0.3, -0.25) is 0 Å². The van der Waals surface area contributed by atoms with Crippen LogP contribution in [0.15, 0.2) is 28.5 Å². The van der Waals surface area contributed by atoms with Gasteiger partial charge in [0, 0.05) is 23.2 Å². The molecule has 0 unspecified atom stereocenters. The molecule has 1 aliphatic rings. The van der Waals surface area contributed by atoms with Gasteiger partial charge >= 0.3 is 0 Å². The van der Waals surface area contributed by atoms with Crippen LogP contribution < -0.4 is 0 Å². The first kappa shape index (κ1) is 11.2. The lowest BCUT2D eigenvalue weighted by atomic mass is 10.1. The molecular formula is C11H12O4S. The van der Waals surface area contributed by atoms with E-state index in [2.05, 4.69) is 0 Å². The van der Waals surface area contributed by atoms with E-state index in [0.29, 0.717) is 17.7 Å². The summed E-state index contributed by atoms with van der Waals surface area (Å²) < 4.78 is 28.7. The van der Waals surface area contributed by atoms with Crippen LogP contribution in [0.1, 0.15) is 12.5 Å². The summed E-state index contributed by atoms with van der Waals surface area (Å²) in [5.41, 5.74) is 0.880. The molecule has 0 atom stereocenters. The fourth-order valence-corrected chi connectivity index (χ4v) is 3.18. The lowest BCUT2D eigenvalue weighted by Crippen LogP contribution is -1.96. The summed E-state index contributed by atoms with van der Waals surface area (Å²) in [5.74, 6) is -0.0236. The van der Waals surface area contributed by atoms with Crippen molar-refractivity contribution < 1.29 is 18.3 Å². The molecule has 4 nitrogen and oxygen atoms in total. The molecule has 0 saturated carbocycles. The molecule has 1 aliphatic heterocycles. The van der Waals surface area contributed by atoms with Crippen molar-refractivity contribution in [3.63, 3.8) is 0 Å². The fraction of sp³-hybridized carbons (Fsp3) is 0.273. The van der Waals surface area contributed by atoms with Crippen LogP contribution in [0.5, 0.6) is 5.75 Å². The molecule has 1 N–H and O–H groups in total. The molecular weight excluding hydrogens is 228 g/mol. The number of benzene rings is 1. The molecule has 2 rings (SSSR count). The second kappa shape index (κ2) is 3.92. The summed E-state index contributed by atoms with van der Waals surface area (Å²) in [6.45, 7) is 2.52. The van der Waals surface area contributed by atoms with Crippen LogP contribution >= 0.6 is 0 Å². The summed E-state index contributed by atoms with van der Waals surface area (Å²) in [4.78, 5) is 0.155. The Labute approximate surface area is 94.1 Å². The highest BCUT2D eigenvalue weighted by molar-refractivity contribution is 7.95. The Balaban J connectivity index is 2.53. The summed E-state index contributed by atoms with van der Waals surface area (Å²) in [6.07, 6.45) is 0. The number of rotatable bonds is 3. The van der Waals surface area contributed by atoms with Crippen LogP contribution in [-0.2, 0) is 14.6 Å². The Morgan fingerprint density at radius 3 is 2.81 bits per heavy atom. The summed E-state index contributed by atoms with van der Waals surface area (Å²) >= 11 is 0. The molecule has 0 radical (unpaired) electrons. The lowest BCUT2D eigenvalue weighted by Gasteiger charge is -2.06. The van der Waals surface area contributed by atoms with Crippen LogP contribution in [0.3, 0.4) is 0 Å². The number of ether oxygens (including phenoxy) is 1. The van der Waals surface area contributed by atoms with Crippen molar-refractivity contribution in [3.05, 3.63) is 29.2 Å². The van der Waals surface area contributed by atoms with Gasteiger partial charge < -0.3 is 9.84 Å². The van der Waals surface area contributed by atoms with Gasteiger partial charge in [-0.2, -0.15) is 0 Å². The summed E-state index contributed by atoms with van der Waals surface area (Å²) in [7, 11) is -3.41. The standard InChI is InChI=1S/C11H12O4S/c1-2-15-6-8-7-16(13,14)10-5-3-4-9(12)11(8)10/h3-5,7,12H,2,6H2,1H3. The zero-order chi connectivity index (χ0) is 11.8. The van der Waals surface area contributed by atoms with E-state index < -0.39 is 9.84 Å². The molecule has 0 spiro atoms. The van der Waals surface area contributed by atoms with Crippen molar-refractivity contribution >= 4 is 15.4 Å². The van der Waals surface area contributed by atoms with E-state index in [1.165, 1.54) is 18.2 Å². The normalized spacial score (nSPS) is 16.9. The van der Waals surface area contributed by atoms with Crippen molar-refractivity contribution in [2.75, 3.05) is 13.2 Å². The summed E-state index contributed by atoms with van der Waals surface area (Å²) in [5, 5.41) is 10.8. The van der Waals surface area contributed by atoms with Gasteiger partial charge in [0.2, 0.25) is 9.84 Å². The van der Waals surface area contributed by atoms with E-state index in [1.807, 2.05) is 6.92 Å². The van der Waals surface area contributed by atoms with Gasteiger partial charge in [-0.05, 0) is 19.1 Å². The lowest BCUT2D eigenvalue weighted by molar-refractivity contribution is 0.182. The highest BCUT2D eigenvalue weighted by Crippen LogP contribution is 2.38. The number of sulfone groups is 1. The third-order valence-corrected chi connectivity index (χ3v) is 3.94. The topological polar surface area (TPSA) is 63.6 Å². The Morgan fingerprint density at radius 2 is 2.12 bits per heavy atom. The zero-order valence-corrected chi connectivity index (χ0v) is 9.62. The highest BCUT2D eigenvalue weighted by Gasteiger charge is 2.29. The Morgan fingerprint density at radius 1 is 1.38 bits per heavy atom. The largest absolute Gasteiger partial charge is 0.507 e. The van der Waals surface area contributed by atoms with Gasteiger partial charge in [0.25, 0.3) is 0 Å². The summed E-state index contributed by atoms with van der Waals surface area (Å²) in [6, 6.07) is 4.47. The monoisotopic (exact) mass is 240 g/mol. The average Bonchev–Trinajstić information content (AvgIpc) is 2.49. The highest BCUT2D eigenvalue weighted by atomic mass is 32.2. The number of phenolic OH excluding ortho intramolecular Hbond substituents is 1. The first-order valence-corrected chi connectivity index (χ1v) is 6.46. The molecule has 1 aromatic rings. The molecule has 0 amide bonds. The van der Waals surface area contributed by atoms with Crippen LogP contribution in [-0.4, -0.2) is 26.7 Å².